The maximum Gasteiger partial charge on any atom is 0.258 e. The number of nitrogens with one attached hydrogen (secondary N) is 1. The summed E-state index contributed by atoms with van der Waals surface area (Å²) in [5, 5.41) is 10.4. The van der Waals surface area contributed by atoms with Crippen LogP contribution in [0.4, 0.5) is 0 Å². The van der Waals surface area contributed by atoms with Crippen molar-refractivity contribution in [1.29, 1.82) is 0 Å². The lowest BCUT2D eigenvalue weighted by Crippen LogP contribution is -2.49. The van der Waals surface area contributed by atoms with Gasteiger partial charge in [0.2, 0.25) is 11.8 Å². The van der Waals surface area contributed by atoms with E-state index in [1.807, 2.05) is 15.5 Å². The van der Waals surface area contributed by atoms with Crippen LogP contribution in [0, 0.1) is 11.8 Å². The molecule has 0 radical (unpaired) electrons. The first kappa shape index (κ1) is 21.7. The van der Waals surface area contributed by atoms with Crippen LogP contribution in [-0.2, 0) is 17.8 Å². The van der Waals surface area contributed by atoms with E-state index < -0.39 is 0 Å². The zero-order valence-corrected chi connectivity index (χ0v) is 18.7. The molecule has 1 saturated heterocycles. The first-order valence-electron chi connectivity index (χ1n) is 10.7. The Labute approximate surface area is 184 Å². The number of aromatic amines is 1. The van der Waals surface area contributed by atoms with Crippen LogP contribution in [0.25, 0.3) is 0 Å². The number of amides is 1. The Morgan fingerprint density at radius 2 is 2.10 bits per heavy atom. The van der Waals surface area contributed by atoms with Gasteiger partial charge in [-0.25, -0.2) is 0 Å². The number of carbonyl (C=O) groups is 1. The van der Waals surface area contributed by atoms with E-state index in [4.69, 9.17) is 0 Å². The Bertz CT molecular complexity index is 1090. The van der Waals surface area contributed by atoms with Gasteiger partial charge < -0.3 is 19.6 Å². The quantitative estimate of drug-likeness (QED) is 0.521. The summed E-state index contributed by atoms with van der Waals surface area (Å²) in [5.41, 5.74) is 0.968. The number of hydrogen-bond donors (Lipinski definition) is 2. The molecule has 1 amide bonds. The second-order valence-electron chi connectivity index (χ2n) is 8.89. The number of rotatable bonds is 6. The van der Waals surface area contributed by atoms with Crippen molar-refractivity contribution in [1.82, 2.24) is 19.4 Å². The first-order chi connectivity index (χ1) is 14.8. The number of aromatic hydroxyl groups is 1. The number of thioether (sulfide) groups is 1. The third kappa shape index (κ3) is 4.71. The first-order valence-corrected chi connectivity index (χ1v) is 11.7. The fourth-order valence-electron chi connectivity index (χ4n) is 4.51. The van der Waals surface area contributed by atoms with Crippen LogP contribution < -0.4 is 11.1 Å². The van der Waals surface area contributed by atoms with Gasteiger partial charge in [-0.15, -0.1) is 0 Å². The SMILES string of the molecule is CC(C)CCc1c(O)nc(SCC(=O)N2C[C@@H]3C[C@H](C2)c2cccc(=O)n2C3)[nH]c1=O. The van der Waals surface area contributed by atoms with Gasteiger partial charge in [0.25, 0.3) is 11.1 Å². The molecule has 0 unspecified atom stereocenters. The molecule has 2 aliphatic rings. The molecule has 4 rings (SSSR count). The highest BCUT2D eigenvalue weighted by molar-refractivity contribution is 7.99. The molecule has 2 aliphatic heterocycles. The Morgan fingerprint density at radius 3 is 2.84 bits per heavy atom. The highest BCUT2D eigenvalue weighted by atomic mass is 32.2. The van der Waals surface area contributed by atoms with Crippen molar-refractivity contribution in [3.63, 3.8) is 0 Å². The van der Waals surface area contributed by atoms with Crippen molar-refractivity contribution in [2.75, 3.05) is 18.8 Å². The van der Waals surface area contributed by atoms with E-state index in [-0.39, 0.29) is 45.7 Å². The standard InChI is InChI=1S/C22H28N4O4S/c1-13(2)6-7-16-20(29)23-22(24-21(16)30)31-12-19(28)25-9-14-8-15(11-25)17-4-3-5-18(27)26(17)10-14/h3-5,13-15H,6-12H2,1-2H3,(H2,23,24,29,30)/t14-,15+/m0/s1. The minimum absolute atomic E-state index is 0.0224. The van der Waals surface area contributed by atoms with Crippen molar-refractivity contribution in [3.05, 3.63) is 50.2 Å². The second kappa shape index (κ2) is 8.90. The van der Waals surface area contributed by atoms with Gasteiger partial charge >= 0.3 is 0 Å². The van der Waals surface area contributed by atoms with Crippen molar-refractivity contribution >= 4 is 17.7 Å². The molecule has 0 aromatic carbocycles. The van der Waals surface area contributed by atoms with E-state index in [1.54, 1.807) is 12.1 Å². The van der Waals surface area contributed by atoms with E-state index in [9.17, 15) is 19.5 Å². The van der Waals surface area contributed by atoms with Gasteiger partial charge in [-0.1, -0.05) is 31.7 Å². The molecule has 31 heavy (non-hydrogen) atoms. The van der Waals surface area contributed by atoms with E-state index in [0.717, 1.165) is 30.3 Å². The van der Waals surface area contributed by atoms with Crippen molar-refractivity contribution in [2.45, 2.75) is 50.7 Å². The number of pyridine rings is 1. The summed E-state index contributed by atoms with van der Waals surface area (Å²) < 4.78 is 1.84. The Hall–Kier alpha value is -2.55. The number of aromatic nitrogens is 3. The molecule has 9 heteroatoms. The summed E-state index contributed by atoms with van der Waals surface area (Å²) >= 11 is 1.13. The molecule has 2 bridgehead atoms. The van der Waals surface area contributed by atoms with Crippen LogP contribution in [-0.4, -0.2) is 49.3 Å². The van der Waals surface area contributed by atoms with E-state index in [2.05, 4.69) is 23.8 Å². The molecule has 0 spiro atoms. The lowest BCUT2D eigenvalue weighted by molar-refractivity contribution is -0.131. The number of likely N-dealkylation sites (tertiary alicyclic amines) is 1. The summed E-state index contributed by atoms with van der Waals surface area (Å²) in [4.78, 5) is 45.9. The molecular weight excluding hydrogens is 416 g/mol. The van der Waals surface area contributed by atoms with Gasteiger partial charge in [0, 0.05) is 37.3 Å². The molecule has 2 N–H and O–H groups in total. The van der Waals surface area contributed by atoms with Gasteiger partial charge in [-0.3, -0.25) is 14.4 Å². The minimum atomic E-state index is -0.349. The minimum Gasteiger partial charge on any atom is -0.493 e. The highest BCUT2D eigenvalue weighted by Gasteiger charge is 2.36. The maximum absolute atomic E-state index is 12.8. The number of fused-ring (bicyclic) bond motifs is 4. The number of H-pyrrole nitrogens is 1. The predicted molar refractivity (Wildman–Crippen MR) is 119 cm³/mol. The summed E-state index contributed by atoms with van der Waals surface area (Å²) in [6, 6.07) is 5.34. The molecule has 2 atom stereocenters. The van der Waals surface area contributed by atoms with Gasteiger partial charge in [0.05, 0.1) is 11.3 Å². The van der Waals surface area contributed by atoms with Gasteiger partial charge in [-0.2, -0.15) is 4.98 Å². The highest BCUT2D eigenvalue weighted by Crippen LogP contribution is 2.35. The van der Waals surface area contributed by atoms with Crippen LogP contribution in [0.3, 0.4) is 0 Å². The van der Waals surface area contributed by atoms with Crippen LogP contribution in [0.2, 0.25) is 0 Å². The summed E-state index contributed by atoms with van der Waals surface area (Å²) in [6.45, 7) is 5.96. The predicted octanol–water partition coefficient (Wildman–Crippen LogP) is 1.96. The number of nitrogens with zero attached hydrogens (tertiary/aromatic N) is 3. The average molecular weight is 445 g/mol. The summed E-state index contributed by atoms with van der Waals surface area (Å²) in [6.07, 6.45) is 2.24. The topological polar surface area (TPSA) is 108 Å². The maximum atomic E-state index is 12.8. The van der Waals surface area contributed by atoms with Crippen LogP contribution in [0.1, 0.15) is 43.9 Å². The normalized spacial score (nSPS) is 20.0. The van der Waals surface area contributed by atoms with Crippen molar-refractivity contribution in [2.24, 2.45) is 11.8 Å². The molecule has 2 aromatic heterocycles. The van der Waals surface area contributed by atoms with Crippen LogP contribution in [0.15, 0.2) is 32.9 Å². The molecule has 4 heterocycles. The van der Waals surface area contributed by atoms with E-state index in [0.29, 0.717) is 37.5 Å². The Kier molecular flexibility index (Phi) is 6.22. The molecule has 1 fully saturated rings. The van der Waals surface area contributed by atoms with Gasteiger partial charge in [0.1, 0.15) is 0 Å². The van der Waals surface area contributed by atoms with Crippen LogP contribution >= 0.6 is 11.8 Å². The molecule has 2 aromatic rings. The zero-order chi connectivity index (χ0) is 22.1. The summed E-state index contributed by atoms with van der Waals surface area (Å²) in [7, 11) is 0. The fraction of sp³-hybridized carbons (Fsp3) is 0.545. The molecule has 0 saturated carbocycles. The second-order valence-corrected chi connectivity index (χ2v) is 9.86. The van der Waals surface area contributed by atoms with E-state index >= 15 is 0 Å². The summed E-state index contributed by atoms with van der Waals surface area (Å²) in [5.74, 6) is 0.695. The fourth-order valence-corrected chi connectivity index (χ4v) is 5.27. The molecule has 0 aliphatic carbocycles. The number of hydrogen-bond acceptors (Lipinski definition) is 6. The van der Waals surface area contributed by atoms with E-state index in [1.165, 1.54) is 0 Å². The Morgan fingerprint density at radius 1 is 1.29 bits per heavy atom. The molecule has 166 valence electrons. The Balaban J connectivity index is 1.40. The average Bonchev–Trinajstić information content (AvgIpc) is 2.72. The smallest absolute Gasteiger partial charge is 0.258 e. The van der Waals surface area contributed by atoms with Crippen LogP contribution in [0.5, 0.6) is 5.88 Å². The third-order valence-corrected chi connectivity index (χ3v) is 6.97. The monoisotopic (exact) mass is 444 g/mol. The third-order valence-electron chi connectivity index (χ3n) is 6.11. The number of piperidine rings is 1. The van der Waals surface area contributed by atoms with Crippen molar-refractivity contribution < 1.29 is 9.90 Å². The lowest BCUT2D eigenvalue weighted by Gasteiger charge is -2.42. The van der Waals surface area contributed by atoms with Gasteiger partial charge in [-0.05, 0) is 37.2 Å². The number of carbonyl (C=O) groups excluding carboxylic acids is 1. The largest absolute Gasteiger partial charge is 0.493 e. The van der Waals surface area contributed by atoms with Crippen molar-refractivity contribution in [3.8, 4) is 5.88 Å². The van der Waals surface area contributed by atoms with Gasteiger partial charge in [0.15, 0.2) is 5.16 Å². The molecule has 8 nitrogen and oxygen atoms in total. The molecular formula is C22H28N4O4S. The zero-order valence-electron chi connectivity index (χ0n) is 17.8. The lowest BCUT2D eigenvalue weighted by atomic mass is 9.83.